The van der Waals surface area contributed by atoms with E-state index in [4.69, 9.17) is 4.74 Å². The Morgan fingerprint density at radius 3 is 3.33 bits per heavy atom. The van der Waals surface area contributed by atoms with Crippen LogP contribution in [-0.4, -0.2) is 33.9 Å². The average molecular weight is 267 g/mol. The van der Waals surface area contributed by atoms with Crippen LogP contribution in [0.5, 0.6) is 0 Å². The van der Waals surface area contributed by atoms with E-state index in [2.05, 4.69) is 14.9 Å². The van der Waals surface area contributed by atoms with Gasteiger partial charge in [-0.2, -0.15) is 0 Å². The first-order valence-electron chi connectivity index (χ1n) is 6.41. The number of carbonyl (C=O) groups is 1. The van der Waals surface area contributed by atoms with Gasteiger partial charge in [0.25, 0.3) is 0 Å². The second-order valence-corrected chi connectivity index (χ2v) is 5.69. The number of ether oxygens (including phenoxy) is 1. The largest absolute Gasteiger partial charge is 0.368 e. The monoisotopic (exact) mass is 267 g/mol. The summed E-state index contributed by atoms with van der Waals surface area (Å²) in [5.41, 5.74) is 0.932. The van der Waals surface area contributed by atoms with Crippen LogP contribution in [-0.2, 0) is 22.6 Å². The number of aromatic nitrogens is 2. The van der Waals surface area contributed by atoms with Gasteiger partial charge < -0.3 is 14.6 Å². The van der Waals surface area contributed by atoms with Gasteiger partial charge in [0.05, 0.1) is 12.2 Å². The van der Waals surface area contributed by atoms with Gasteiger partial charge in [-0.3, -0.25) is 4.79 Å². The molecule has 0 aromatic carbocycles. The van der Waals surface area contributed by atoms with E-state index in [0.29, 0.717) is 13.2 Å². The molecule has 3 rings (SSSR count). The van der Waals surface area contributed by atoms with Gasteiger partial charge in [-0.1, -0.05) is 11.8 Å². The summed E-state index contributed by atoms with van der Waals surface area (Å²) in [7, 11) is 0. The molecule has 3 heterocycles. The first kappa shape index (κ1) is 12.0. The lowest BCUT2D eigenvalue weighted by atomic mass is 10.1. The molecule has 98 valence electrons. The van der Waals surface area contributed by atoms with Crippen LogP contribution >= 0.6 is 11.8 Å². The minimum Gasteiger partial charge on any atom is -0.368 e. The number of nitrogens with zero attached hydrogens (tertiary/aromatic N) is 2. The summed E-state index contributed by atoms with van der Waals surface area (Å²) >= 11 is 1.77. The highest BCUT2D eigenvalue weighted by molar-refractivity contribution is 7.99. The molecule has 1 amide bonds. The number of thioether (sulfide) groups is 1. The van der Waals surface area contributed by atoms with Crippen molar-refractivity contribution < 1.29 is 9.53 Å². The second-order valence-electron chi connectivity index (χ2n) is 4.63. The van der Waals surface area contributed by atoms with Crippen molar-refractivity contribution in [3.63, 3.8) is 0 Å². The molecule has 2 aliphatic heterocycles. The van der Waals surface area contributed by atoms with Gasteiger partial charge in [-0.25, -0.2) is 4.98 Å². The Morgan fingerprint density at radius 1 is 1.61 bits per heavy atom. The standard InChI is InChI=1S/C12H17N3O2S/c16-11(10-3-1-2-5-17-10)13-7-9-8-15-4-6-18-12(15)14-9/h8,10H,1-7H2,(H,13,16). The third kappa shape index (κ3) is 2.54. The summed E-state index contributed by atoms with van der Waals surface area (Å²) in [4.78, 5) is 16.3. The SMILES string of the molecule is O=C(NCc1cn2c(n1)SCC2)C1CCCCO1. The van der Waals surface area contributed by atoms with Gasteiger partial charge in [-0.05, 0) is 19.3 Å². The normalized spacial score (nSPS) is 22.8. The Hall–Kier alpha value is -1.01. The molecule has 1 fully saturated rings. The highest BCUT2D eigenvalue weighted by atomic mass is 32.2. The maximum Gasteiger partial charge on any atom is 0.249 e. The molecule has 1 aromatic rings. The van der Waals surface area contributed by atoms with Crippen LogP contribution in [0.3, 0.4) is 0 Å². The third-order valence-electron chi connectivity index (χ3n) is 3.27. The zero-order chi connectivity index (χ0) is 12.4. The van der Waals surface area contributed by atoms with Crippen molar-refractivity contribution in [2.75, 3.05) is 12.4 Å². The Kier molecular flexibility index (Phi) is 3.56. The van der Waals surface area contributed by atoms with E-state index in [1.54, 1.807) is 11.8 Å². The van der Waals surface area contributed by atoms with Crippen molar-refractivity contribution in [3.05, 3.63) is 11.9 Å². The molecule has 5 nitrogen and oxygen atoms in total. The van der Waals surface area contributed by atoms with Gasteiger partial charge in [-0.15, -0.1) is 0 Å². The molecule has 0 saturated carbocycles. The van der Waals surface area contributed by atoms with E-state index in [0.717, 1.165) is 42.4 Å². The van der Waals surface area contributed by atoms with Crippen LogP contribution in [0.4, 0.5) is 0 Å². The lowest BCUT2D eigenvalue weighted by Crippen LogP contribution is -2.38. The second kappa shape index (κ2) is 5.32. The first-order valence-corrected chi connectivity index (χ1v) is 7.39. The number of aryl methyl sites for hydroxylation is 1. The molecule has 0 aliphatic carbocycles. The van der Waals surface area contributed by atoms with Gasteiger partial charge in [0.2, 0.25) is 5.91 Å². The Bertz CT molecular complexity index is 419. The zero-order valence-electron chi connectivity index (χ0n) is 10.2. The van der Waals surface area contributed by atoms with E-state index in [1.807, 2.05) is 6.20 Å². The van der Waals surface area contributed by atoms with E-state index in [1.165, 1.54) is 0 Å². The van der Waals surface area contributed by atoms with Crippen LogP contribution in [0.1, 0.15) is 25.0 Å². The van der Waals surface area contributed by atoms with Gasteiger partial charge in [0.1, 0.15) is 6.10 Å². The fraction of sp³-hybridized carbons (Fsp3) is 0.667. The molecule has 2 aliphatic rings. The molecule has 1 saturated heterocycles. The number of imidazole rings is 1. The molecule has 1 aromatic heterocycles. The minimum atomic E-state index is -0.261. The summed E-state index contributed by atoms with van der Waals surface area (Å²) < 4.78 is 7.59. The van der Waals surface area contributed by atoms with E-state index in [9.17, 15) is 4.79 Å². The molecule has 1 unspecified atom stereocenters. The van der Waals surface area contributed by atoms with Crippen LogP contribution < -0.4 is 5.32 Å². The number of fused-ring (bicyclic) bond motifs is 1. The summed E-state index contributed by atoms with van der Waals surface area (Å²) in [6, 6.07) is 0. The fourth-order valence-corrected chi connectivity index (χ4v) is 3.25. The van der Waals surface area contributed by atoms with Crippen LogP contribution in [0.2, 0.25) is 0 Å². The molecule has 18 heavy (non-hydrogen) atoms. The number of amides is 1. The van der Waals surface area contributed by atoms with Crippen molar-refractivity contribution in [1.29, 1.82) is 0 Å². The van der Waals surface area contributed by atoms with Crippen molar-refractivity contribution in [1.82, 2.24) is 14.9 Å². The number of nitrogens with one attached hydrogen (secondary N) is 1. The number of hydrogen-bond donors (Lipinski definition) is 1. The Morgan fingerprint density at radius 2 is 2.56 bits per heavy atom. The molecule has 1 N–H and O–H groups in total. The lowest BCUT2D eigenvalue weighted by Gasteiger charge is -2.21. The molecule has 6 heteroatoms. The predicted octanol–water partition coefficient (Wildman–Crippen LogP) is 1.17. The molecule has 1 atom stereocenters. The molecule has 0 spiro atoms. The van der Waals surface area contributed by atoms with Gasteiger partial charge >= 0.3 is 0 Å². The smallest absolute Gasteiger partial charge is 0.249 e. The summed E-state index contributed by atoms with van der Waals surface area (Å²) in [6.45, 7) is 2.22. The first-order chi connectivity index (χ1) is 8.83. The van der Waals surface area contributed by atoms with Crippen molar-refractivity contribution in [3.8, 4) is 0 Å². The molecular formula is C12H17N3O2S. The number of rotatable bonds is 3. The average Bonchev–Trinajstić information content (AvgIpc) is 2.97. The lowest BCUT2D eigenvalue weighted by molar-refractivity contribution is -0.135. The summed E-state index contributed by atoms with van der Waals surface area (Å²) in [5.74, 6) is 1.10. The fourth-order valence-electron chi connectivity index (χ4n) is 2.29. The van der Waals surface area contributed by atoms with Crippen molar-refractivity contribution in [2.24, 2.45) is 0 Å². The third-order valence-corrected chi connectivity index (χ3v) is 4.24. The van der Waals surface area contributed by atoms with E-state index in [-0.39, 0.29) is 12.0 Å². The van der Waals surface area contributed by atoms with E-state index < -0.39 is 0 Å². The predicted molar refractivity (Wildman–Crippen MR) is 68.4 cm³/mol. The summed E-state index contributed by atoms with van der Waals surface area (Å²) in [5, 5.41) is 3.97. The van der Waals surface area contributed by atoms with Crippen LogP contribution in [0.15, 0.2) is 11.4 Å². The Balaban J connectivity index is 1.52. The van der Waals surface area contributed by atoms with Gasteiger partial charge in [0, 0.05) is 25.1 Å². The molecular weight excluding hydrogens is 250 g/mol. The number of carbonyl (C=O) groups excluding carboxylic acids is 1. The maximum absolute atomic E-state index is 11.9. The highest BCUT2D eigenvalue weighted by Gasteiger charge is 2.22. The molecule has 0 bridgehead atoms. The summed E-state index contributed by atoms with van der Waals surface area (Å²) in [6.07, 6.45) is 4.74. The van der Waals surface area contributed by atoms with E-state index >= 15 is 0 Å². The van der Waals surface area contributed by atoms with Gasteiger partial charge in [0.15, 0.2) is 5.16 Å². The topological polar surface area (TPSA) is 56.2 Å². The van der Waals surface area contributed by atoms with Crippen LogP contribution in [0, 0.1) is 0 Å². The molecule has 0 radical (unpaired) electrons. The Labute approximate surface area is 110 Å². The van der Waals surface area contributed by atoms with Crippen molar-refractivity contribution in [2.45, 2.75) is 43.6 Å². The van der Waals surface area contributed by atoms with Crippen molar-refractivity contribution >= 4 is 17.7 Å². The quantitative estimate of drug-likeness (QED) is 0.893. The minimum absolute atomic E-state index is 0.00416. The highest BCUT2D eigenvalue weighted by Crippen LogP contribution is 2.24. The number of hydrogen-bond acceptors (Lipinski definition) is 4. The maximum atomic E-state index is 11.9. The van der Waals surface area contributed by atoms with Crippen LogP contribution in [0.25, 0.3) is 0 Å². The zero-order valence-corrected chi connectivity index (χ0v) is 11.0.